The van der Waals surface area contributed by atoms with Crippen molar-refractivity contribution in [1.82, 2.24) is 0 Å². The highest BCUT2D eigenvalue weighted by Gasteiger charge is 2.39. The van der Waals surface area contributed by atoms with E-state index in [1.165, 1.54) is 25.7 Å². The average Bonchev–Trinajstić information content (AvgIpc) is 2.71. The molecule has 0 fully saturated rings. The van der Waals surface area contributed by atoms with Gasteiger partial charge in [0.2, 0.25) is 0 Å². The van der Waals surface area contributed by atoms with Crippen LogP contribution in [0.15, 0.2) is 11.6 Å². The Kier molecular flexibility index (Phi) is 5.90. The lowest BCUT2D eigenvalue weighted by molar-refractivity contribution is -0.148. The number of hydrogen-bond donors (Lipinski definition) is 0. The minimum absolute atomic E-state index is 0.0929. The average molecular weight is 252 g/mol. The number of hydrogen-bond acceptors (Lipinski definition) is 2. The van der Waals surface area contributed by atoms with Crippen molar-refractivity contribution in [3.05, 3.63) is 11.6 Å². The lowest BCUT2D eigenvalue weighted by Gasteiger charge is -2.29. The van der Waals surface area contributed by atoms with Crippen molar-refractivity contribution in [2.24, 2.45) is 5.92 Å². The Bertz CT molecular complexity index is 306. The van der Waals surface area contributed by atoms with E-state index in [2.05, 4.69) is 26.8 Å². The number of rotatable bonds is 8. The lowest BCUT2D eigenvalue weighted by Crippen LogP contribution is -2.30. The van der Waals surface area contributed by atoms with Crippen molar-refractivity contribution in [2.75, 3.05) is 0 Å². The van der Waals surface area contributed by atoms with Crippen molar-refractivity contribution < 1.29 is 9.53 Å². The van der Waals surface area contributed by atoms with Gasteiger partial charge in [0.25, 0.3) is 0 Å². The summed E-state index contributed by atoms with van der Waals surface area (Å²) in [6.07, 6.45) is 9.72. The van der Waals surface area contributed by atoms with Gasteiger partial charge in [-0.15, -0.1) is 0 Å². The van der Waals surface area contributed by atoms with Crippen LogP contribution < -0.4 is 0 Å². The van der Waals surface area contributed by atoms with Crippen LogP contribution in [0, 0.1) is 5.92 Å². The lowest BCUT2D eigenvalue weighted by atomic mass is 9.84. The quantitative estimate of drug-likeness (QED) is 0.588. The van der Waals surface area contributed by atoms with Crippen LogP contribution in [-0.4, -0.2) is 11.6 Å². The van der Waals surface area contributed by atoms with E-state index in [0.717, 1.165) is 24.8 Å². The van der Waals surface area contributed by atoms with E-state index in [1.807, 2.05) is 6.92 Å². The summed E-state index contributed by atoms with van der Waals surface area (Å²) >= 11 is 0. The third-order valence-electron chi connectivity index (χ3n) is 4.15. The molecular formula is C16H28O2. The predicted octanol–water partition coefficient (Wildman–Crippen LogP) is 4.63. The summed E-state index contributed by atoms with van der Waals surface area (Å²) in [5.41, 5.74) is 0.554. The molecule has 1 rings (SSSR count). The maximum atomic E-state index is 11.8. The molecule has 0 aliphatic carbocycles. The summed E-state index contributed by atoms with van der Waals surface area (Å²) < 4.78 is 5.68. The summed E-state index contributed by atoms with van der Waals surface area (Å²) in [5, 5.41) is 0. The summed E-state index contributed by atoms with van der Waals surface area (Å²) in [4.78, 5) is 11.8. The van der Waals surface area contributed by atoms with Crippen molar-refractivity contribution in [3.8, 4) is 0 Å². The molecule has 2 heteroatoms. The molecule has 2 atom stereocenters. The normalized spacial score (nSPS) is 24.9. The highest BCUT2D eigenvalue weighted by Crippen LogP contribution is 2.37. The second-order valence-corrected chi connectivity index (χ2v) is 5.45. The number of ether oxygens (including phenoxy) is 1. The molecular weight excluding hydrogens is 224 g/mol. The molecule has 0 saturated heterocycles. The third-order valence-corrected chi connectivity index (χ3v) is 4.15. The van der Waals surface area contributed by atoms with Crippen LogP contribution in [0.4, 0.5) is 0 Å². The molecule has 0 amide bonds. The van der Waals surface area contributed by atoms with Gasteiger partial charge in [-0.3, -0.25) is 0 Å². The molecule has 0 aromatic heterocycles. The number of cyclic esters (lactones) is 1. The van der Waals surface area contributed by atoms with Gasteiger partial charge in [-0.2, -0.15) is 0 Å². The molecule has 104 valence electrons. The number of unbranched alkanes of at least 4 members (excludes halogenated alkanes) is 1. The molecule has 0 unspecified atom stereocenters. The molecule has 0 aromatic rings. The van der Waals surface area contributed by atoms with Crippen LogP contribution in [0.2, 0.25) is 0 Å². The van der Waals surface area contributed by atoms with Crippen molar-refractivity contribution >= 4 is 5.97 Å². The Morgan fingerprint density at radius 1 is 1.28 bits per heavy atom. The van der Waals surface area contributed by atoms with Gasteiger partial charge in [0, 0.05) is 5.57 Å². The number of carbonyl (C=O) groups excluding carboxylic acids is 1. The molecule has 1 heterocycles. The van der Waals surface area contributed by atoms with Crippen LogP contribution in [0.25, 0.3) is 0 Å². The maximum absolute atomic E-state index is 11.8. The van der Waals surface area contributed by atoms with E-state index >= 15 is 0 Å². The van der Waals surface area contributed by atoms with Crippen molar-refractivity contribution in [1.29, 1.82) is 0 Å². The first-order valence-electron chi connectivity index (χ1n) is 7.55. The molecule has 1 aliphatic heterocycles. The van der Waals surface area contributed by atoms with Gasteiger partial charge in [-0.05, 0) is 31.3 Å². The van der Waals surface area contributed by atoms with Crippen molar-refractivity contribution in [2.45, 2.75) is 78.2 Å². The fourth-order valence-corrected chi connectivity index (χ4v) is 2.75. The van der Waals surface area contributed by atoms with E-state index in [-0.39, 0.29) is 11.6 Å². The fraction of sp³-hybridized carbons (Fsp3) is 0.812. The van der Waals surface area contributed by atoms with Gasteiger partial charge >= 0.3 is 5.97 Å². The zero-order chi connectivity index (χ0) is 13.6. The standard InChI is InChI=1S/C16H28O2/c1-5-9-10-13(6-2)11-16(8-4)12-14(7-3)15(17)18-16/h12-13H,5-11H2,1-4H3/t13-,16+/m0/s1. The molecule has 0 bridgehead atoms. The van der Waals surface area contributed by atoms with Crippen LogP contribution in [0.5, 0.6) is 0 Å². The van der Waals surface area contributed by atoms with Gasteiger partial charge < -0.3 is 4.74 Å². The first kappa shape index (κ1) is 15.3. The van der Waals surface area contributed by atoms with E-state index in [4.69, 9.17) is 4.74 Å². The first-order chi connectivity index (χ1) is 8.60. The summed E-state index contributed by atoms with van der Waals surface area (Å²) in [5.74, 6) is 0.579. The molecule has 0 saturated carbocycles. The Balaban J connectivity index is 2.71. The molecule has 1 aliphatic rings. The van der Waals surface area contributed by atoms with Crippen LogP contribution >= 0.6 is 0 Å². The van der Waals surface area contributed by atoms with Crippen molar-refractivity contribution in [3.63, 3.8) is 0 Å². The van der Waals surface area contributed by atoms with Gasteiger partial charge in [-0.25, -0.2) is 4.79 Å². The Labute approximate surface area is 112 Å². The van der Waals surface area contributed by atoms with Gasteiger partial charge in [0.1, 0.15) is 5.60 Å². The largest absolute Gasteiger partial charge is 0.451 e. The maximum Gasteiger partial charge on any atom is 0.334 e. The highest BCUT2D eigenvalue weighted by molar-refractivity contribution is 5.91. The minimum Gasteiger partial charge on any atom is -0.451 e. The topological polar surface area (TPSA) is 26.3 Å². The van der Waals surface area contributed by atoms with Crippen LogP contribution in [-0.2, 0) is 9.53 Å². The second kappa shape index (κ2) is 6.96. The highest BCUT2D eigenvalue weighted by atomic mass is 16.6. The Morgan fingerprint density at radius 3 is 2.44 bits per heavy atom. The zero-order valence-electron chi connectivity index (χ0n) is 12.4. The zero-order valence-corrected chi connectivity index (χ0v) is 12.4. The molecule has 0 radical (unpaired) electrons. The molecule has 0 N–H and O–H groups in total. The molecule has 0 aromatic carbocycles. The van der Waals surface area contributed by atoms with Crippen LogP contribution in [0.3, 0.4) is 0 Å². The predicted molar refractivity (Wildman–Crippen MR) is 75.4 cm³/mol. The summed E-state index contributed by atoms with van der Waals surface area (Å²) in [6, 6.07) is 0. The SMILES string of the molecule is CCCC[C@H](CC)C[C@]1(CC)C=C(CC)C(=O)O1. The van der Waals surface area contributed by atoms with E-state index in [0.29, 0.717) is 5.92 Å². The monoisotopic (exact) mass is 252 g/mol. The second-order valence-electron chi connectivity index (χ2n) is 5.45. The fourth-order valence-electron chi connectivity index (χ4n) is 2.75. The first-order valence-corrected chi connectivity index (χ1v) is 7.55. The van der Waals surface area contributed by atoms with Gasteiger partial charge in [0.15, 0.2) is 0 Å². The molecule has 18 heavy (non-hydrogen) atoms. The molecule has 0 spiro atoms. The summed E-state index contributed by atoms with van der Waals surface area (Å²) in [7, 11) is 0. The Hall–Kier alpha value is -0.790. The minimum atomic E-state index is -0.309. The van der Waals surface area contributed by atoms with E-state index < -0.39 is 0 Å². The Morgan fingerprint density at radius 2 is 2.00 bits per heavy atom. The van der Waals surface area contributed by atoms with E-state index in [1.54, 1.807) is 0 Å². The molecule has 2 nitrogen and oxygen atoms in total. The number of carbonyl (C=O) groups is 1. The van der Waals surface area contributed by atoms with Gasteiger partial charge in [0.05, 0.1) is 0 Å². The van der Waals surface area contributed by atoms with E-state index in [9.17, 15) is 4.79 Å². The third kappa shape index (κ3) is 3.60. The van der Waals surface area contributed by atoms with Gasteiger partial charge in [-0.1, -0.05) is 53.4 Å². The summed E-state index contributed by atoms with van der Waals surface area (Å²) in [6.45, 7) is 8.61. The van der Waals surface area contributed by atoms with Crippen LogP contribution in [0.1, 0.15) is 72.6 Å². The number of esters is 1. The smallest absolute Gasteiger partial charge is 0.334 e.